The molecule has 5 atom stereocenters. The van der Waals surface area contributed by atoms with Gasteiger partial charge < -0.3 is 33.8 Å². The second-order valence-electron chi connectivity index (χ2n) is 23.7. The van der Waals surface area contributed by atoms with Gasteiger partial charge in [-0.2, -0.15) is 0 Å². The SMILES string of the molecule is CCCCCCCCCCC(=O)O[C@H](COC(=O)CCCCCCC)COP(=O)(O)OC[C@H](O)COP(=O)(O)OC[C@@H](COC(=O)CCCCCCCCCCCCC(C)C)OC(=O)CCCCCCCCCCCCCCCC(C)C. The minimum absolute atomic E-state index is 0.104. The highest BCUT2D eigenvalue weighted by Crippen LogP contribution is 2.45. The summed E-state index contributed by atoms with van der Waals surface area (Å²) >= 11 is 0. The van der Waals surface area contributed by atoms with Crippen molar-refractivity contribution in [1.82, 2.24) is 0 Å². The van der Waals surface area contributed by atoms with E-state index in [4.69, 9.17) is 37.0 Å². The van der Waals surface area contributed by atoms with Crippen molar-refractivity contribution in [2.75, 3.05) is 39.6 Å². The van der Waals surface area contributed by atoms with Gasteiger partial charge in [-0.25, -0.2) is 9.13 Å². The second-order valence-corrected chi connectivity index (χ2v) is 26.7. The maximum absolute atomic E-state index is 13.0. The second kappa shape index (κ2) is 55.6. The smallest absolute Gasteiger partial charge is 0.462 e. The third-order valence-corrected chi connectivity index (χ3v) is 16.4. The third kappa shape index (κ3) is 57.2. The Morgan fingerprint density at radius 2 is 0.561 bits per heavy atom. The van der Waals surface area contributed by atoms with E-state index < -0.39 is 97.5 Å². The first-order chi connectivity index (χ1) is 39.4. The molecule has 0 amide bonds. The topological polar surface area (TPSA) is 237 Å². The summed E-state index contributed by atoms with van der Waals surface area (Å²) in [6, 6.07) is 0. The maximum Gasteiger partial charge on any atom is 0.472 e. The lowest BCUT2D eigenvalue weighted by Crippen LogP contribution is -2.30. The van der Waals surface area contributed by atoms with Crippen molar-refractivity contribution in [3.05, 3.63) is 0 Å². The van der Waals surface area contributed by atoms with E-state index in [1.54, 1.807) is 0 Å². The van der Waals surface area contributed by atoms with Crippen molar-refractivity contribution >= 4 is 39.5 Å². The molecule has 0 aromatic heterocycles. The fourth-order valence-corrected chi connectivity index (χ4v) is 10.9. The molecule has 0 rings (SSSR count). The lowest BCUT2D eigenvalue weighted by atomic mass is 10.0. The molecule has 0 saturated carbocycles. The largest absolute Gasteiger partial charge is 0.472 e. The van der Waals surface area contributed by atoms with Crippen LogP contribution in [0.25, 0.3) is 0 Å². The van der Waals surface area contributed by atoms with E-state index in [9.17, 15) is 43.2 Å². The Hall–Kier alpha value is -1.94. The number of unbranched alkanes of at least 4 members (excludes halogenated alkanes) is 32. The van der Waals surface area contributed by atoms with Gasteiger partial charge in [-0.05, 0) is 37.5 Å². The molecule has 0 aromatic carbocycles. The third-order valence-electron chi connectivity index (χ3n) is 14.5. The molecule has 82 heavy (non-hydrogen) atoms. The average molecular weight is 1210 g/mol. The van der Waals surface area contributed by atoms with Crippen LogP contribution in [-0.4, -0.2) is 96.7 Å². The van der Waals surface area contributed by atoms with E-state index in [-0.39, 0.29) is 25.7 Å². The molecule has 486 valence electrons. The van der Waals surface area contributed by atoms with Crippen LogP contribution in [0.1, 0.15) is 311 Å². The van der Waals surface area contributed by atoms with E-state index in [1.807, 2.05) is 0 Å². The molecule has 19 heteroatoms. The summed E-state index contributed by atoms with van der Waals surface area (Å²) in [5, 5.41) is 10.5. The van der Waals surface area contributed by atoms with Crippen molar-refractivity contribution < 1.29 is 80.2 Å². The molecule has 3 N–H and O–H groups in total. The Kier molecular flexibility index (Phi) is 54.3. The van der Waals surface area contributed by atoms with Crippen LogP contribution < -0.4 is 0 Å². The maximum atomic E-state index is 13.0. The predicted molar refractivity (Wildman–Crippen MR) is 326 cm³/mol. The number of hydrogen-bond acceptors (Lipinski definition) is 15. The summed E-state index contributed by atoms with van der Waals surface area (Å²) in [5.74, 6) is -0.603. The number of ether oxygens (including phenoxy) is 4. The van der Waals surface area contributed by atoms with Crippen LogP contribution in [0.4, 0.5) is 0 Å². The van der Waals surface area contributed by atoms with Crippen molar-refractivity contribution in [3.63, 3.8) is 0 Å². The van der Waals surface area contributed by atoms with Gasteiger partial charge in [0.15, 0.2) is 12.2 Å². The number of hydrogen-bond donors (Lipinski definition) is 3. The molecular weight excluding hydrogens is 1090 g/mol. The molecule has 0 aliphatic carbocycles. The highest BCUT2D eigenvalue weighted by molar-refractivity contribution is 7.47. The number of carbonyl (C=O) groups is 4. The Bertz CT molecular complexity index is 1620. The van der Waals surface area contributed by atoms with Crippen molar-refractivity contribution in [2.45, 2.75) is 330 Å². The summed E-state index contributed by atoms with van der Waals surface area (Å²) in [7, 11) is -9.87. The van der Waals surface area contributed by atoms with Crippen LogP contribution in [0.3, 0.4) is 0 Å². The van der Waals surface area contributed by atoms with Crippen molar-refractivity contribution in [2.24, 2.45) is 11.8 Å². The number of phosphoric ester groups is 2. The van der Waals surface area contributed by atoms with E-state index in [0.29, 0.717) is 25.7 Å². The quantitative estimate of drug-likeness (QED) is 0.0222. The Labute approximate surface area is 498 Å². The molecule has 0 aliphatic heterocycles. The van der Waals surface area contributed by atoms with Gasteiger partial charge in [0.05, 0.1) is 26.4 Å². The number of carbonyl (C=O) groups excluding carboxylic acids is 4. The Balaban J connectivity index is 5.16. The van der Waals surface area contributed by atoms with Gasteiger partial charge in [-0.1, -0.05) is 260 Å². The molecule has 0 fully saturated rings. The van der Waals surface area contributed by atoms with Crippen LogP contribution in [0, 0.1) is 11.8 Å². The molecule has 0 saturated heterocycles. The van der Waals surface area contributed by atoms with Crippen LogP contribution in [-0.2, 0) is 65.4 Å². The minimum atomic E-state index is -4.94. The molecule has 17 nitrogen and oxygen atoms in total. The predicted octanol–water partition coefficient (Wildman–Crippen LogP) is 17.3. The van der Waals surface area contributed by atoms with E-state index in [2.05, 4.69) is 41.5 Å². The van der Waals surface area contributed by atoms with E-state index >= 15 is 0 Å². The zero-order valence-electron chi connectivity index (χ0n) is 52.8. The molecule has 0 aliphatic rings. The van der Waals surface area contributed by atoms with Gasteiger partial charge >= 0.3 is 39.5 Å². The lowest BCUT2D eigenvalue weighted by Gasteiger charge is -2.21. The summed E-state index contributed by atoms with van der Waals surface area (Å²) in [6.07, 6.45) is 38.0. The van der Waals surface area contributed by atoms with Gasteiger partial charge in [0, 0.05) is 25.7 Å². The highest BCUT2D eigenvalue weighted by atomic mass is 31.2. The van der Waals surface area contributed by atoms with Crippen LogP contribution in [0.15, 0.2) is 0 Å². The zero-order chi connectivity index (χ0) is 60.8. The lowest BCUT2D eigenvalue weighted by molar-refractivity contribution is -0.161. The van der Waals surface area contributed by atoms with Crippen molar-refractivity contribution in [3.8, 4) is 0 Å². The first-order valence-corrected chi connectivity index (χ1v) is 36.0. The summed E-state index contributed by atoms with van der Waals surface area (Å²) in [5.41, 5.74) is 0. The first-order valence-electron chi connectivity index (χ1n) is 33.0. The molecule has 0 radical (unpaired) electrons. The van der Waals surface area contributed by atoms with E-state index in [0.717, 1.165) is 115 Å². The zero-order valence-corrected chi connectivity index (χ0v) is 54.6. The van der Waals surface area contributed by atoms with Crippen LogP contribution in [0.5, 0.6) is 0 Å². The standard InChI is InChI=1S/C63H122O17P2/c1-7-9-11-13-14-28-35-41-47-62(67)79-58(51-73-60(65)45-39-31-12-10-8-2)53-77-81(69,70)75-49-57(64)50-76-82(71,72)78-54-59(52-74-61(66)46-40-34-29-24-21-20-23-27-33-38-44-56(5)6)80-63(68)48-42-36-30-25-19-17-15-16-18-22-26-32-37-43-55(3)4/h55-59,64H,7-54H2,1-6H3,(H,69,70)(H,71,72)/t57-,58+,59+/m0/s1. The monoisotopic (exact) mass is 1210 g/mol. The molecule has 0 aromatic rings. The molecule has 0 spiro atoms. The number of phosphoric acid groups is 2. The minimum Gasteiger partial charge on any atom is -0.462 e. The normalized spacial score (nSPS) is 14.3. The van der Waals surface area contributed by atoms with Crippen LogP contribution >= 0.6 is 15.6 Å². The van der Waals surface area contributed by atoms with Gasteiger partial charge in [-0.15, -0.1) is 0 Å². The van der Waals surface area contributed by atoms with Gasteiger partial charge in [0.25, 0.3) is 0 Å². The average Bonchev–Trinajstić information content (AvgIpc) is 3.45. The first kappa shape index (κ1) is 80.1. The molecular formula is C63H122O17P2. The Morgan fingerprint density at radius 1 is 0.329 bits per heavy atom. The van der Waals surface area contributed by atoms with Gasteiger partial charge in [-0.3, -0.25) is 37.3 Å². The fourth-order valence-electron chi connectivity index (χ4n) is 9.35. The van der Waals surface area contributed by atoms with Gasteiger partial charge in [0.2, 0.25) is 0 Å². The molecule has 0 heterocycles. The summed E-state index contributed by atoms with van der Waals surface area (Å²) < 4.78 is 67.7. The number of esters is 4. The van der Waals surface area contributed by atoms with Crippen LogP contribution in [0.2, 0.25) is 0 Å². The number of rotatable bonds is 62. The molecule has 2 unspecified atom stereocenters. The Morgan fingerprint density at radius 3 is 0.829 bits per heavy atom. The number of aliphatic hydroxyl groups is 1. The van der Waals surface area contributed by atoms with E-state index in [1.165, 1.54) is 116 Å². The summed E-state index contributed by atoms with van der Waals surface area (Å²) in [6.45, 7) is 9.38. The fraction of sp³-hybridized carbons (Fsp3) is 0.937. The summed E-state index contributed by atoms with van der Waals surface area (Å²) in [4.78, 5) is 71.9. The van der Waals surface area contributed by atoms with Gasteiger partial charge in [0.1, 0.15) is 19.3 Å². The highest BCUT2D eigenvalue weighted by Gasteiger charge is 2.30. The molecule has 0 bridgehead atoms. The van der Waals surface area contributed by atoms with Crippen molar-refractivity contribution in [1.29, 1.82) is 0 Å². The number of aliphatic hydroxyl groups excluding tert-OH is 1.